The van der Waals surface area contributed by atoms with E-state index < -0.39 is 17.2 Å². The molecule has 0 amide bonds. The number of aromatic amines is 1. The minimum Gasteiger partial charge on any atom is -0.450 e. The Labute approximate surface area is 180 Å². The van der Waals surface area contributed by atoms with E-state index in [-0.39, 0.29) is 23.3 Å². The number of nitrogens with one attached hydrogen (secondary N) is 1. The number of hydrogen-bond acceptors (Lipinski definition) is 6. The second kappa shape index (κ2) is 6.88. The summed E-state index contributed by atoms with van der Waals surface area (Å²) < 4.78 is 33.5. The maximum Gasteiger partial charge on any atom is 0.339 e. The number of carbonyl (C=O) groups is 1. The number of H-pyrrole nitrogens is 1. The number of aromatic nitrogens is 5. The average Bonchev–Trinajstić information content (AvgIpc) is 3.35. The number of pyridine rings is 1. The third-order valence-electron chi connectivity index (χ3n) is 6.43. The van der Waals surface area contributed by atoms with Gasteiger partial charge in [0.05, 0.1) is 17.3 Å². The lowest BCUT2D eigenvalue weighted by Crippen LogP contribution is -2.31. The number of rotatable bonds is 2. The molecule has 1 aliphatic heterocycles. The quantitative estimate of drug-likeness (QED) is 0.471. The maximum atomic E-state index is 14.1. The minimum atomic E-state index is -0.620. The molecule has 4 heterocycles. The van der Waals surface area contributed by atoms with Gasteiger partial charge in [0.15, 0.2) is 11.5 Å². The summed E-state index contributed by atoms with van der Waals surface area (Å²) >= 11 is 0. The lowest BCUT2D eigenvalue weighted by atomic mass is 9.75. The normalized spacial score (nSPS) is 22.3. The second-order valence-electron chi connectivity index (χ2n) is 8.26. The highest BCUT2D eigenvalue weighted by Gasteiger charge is 2.48. The van der Waals surface area contributed by atoms with Gasteiger partial charge in [-0.2, -0.15) is 0 Å². The first-order chi connectivity index (χ1) is 15.5. The molecular formula is C23H17F2N5O2. The molecule has 1 aromatic carbocycles. The van der Waals surface area contributed by atoms with E-state index in [4.69, 9.17) is 4.74 Å². The summed E-state index contributed by atoms with van der Waals surface area (Å²) in [5.74, 6) is -0.484. The lowest BCUT2D eigenvalue weighted by molar-refractivity contribution is -0.0313. The number of imidazole rings is 1. The van der Waals surface area contributed by atoms with Crippen molar-refractivity contribution in [3.8, 4) is 11.4 Å². The van der Waals surface area contributed by atoms with Crippen molar-refractivity contribution in [3.05, 3.63) is 71.4 Å². The molecule has 0 unspecified atom stereocenters. The Kier molecular flexibility index (Phi) is 4.08. The van der Waals surface area contributed by atoms with E-state index in [0.29, 0.717) is 29.6 Å². The molecule has 1 spiro atoms. The fraction of sp³-hybridized carbons (Fsp3) is 0.261. The van der Waals surface area contributed by atoms with E-state index >= 15 is 0 Å². The first-order valence-electron chi connectivity index (χ1n) is 10.4. The highest BCUT2D eigenvalue weighted by molar-refractivity contribution is 5.94. The van der Waals surface area contributed by atoms with E-state index in [9.17, 15) is 13.6 Å². The first kappa shape index (κ1) is 19.0. The van der Waals surface area contributed by atoms with Crippen molar-refractivity contribution in [2.75, 3.05) is 0 Å². The number of carbonyl (C=O) groups excluding carboxylic acids is 1. The Bertz CT molecular complexity index is 1380. The molecule has 1 fully saturated rings. The van der Waals surface area contributed by atoms with Crippen LogP contribution in [0.1, 0.15) is 53.3 Å². The van der Waals surface area contributed by atoms with Gasteiger partial charge < -0.3 is 9.72 Å². The summed E-state index contributed by atoms with van der Waals surface area (Å²) in [4.78, 5) is 32.8. The third kappa shape index (κ3) is 2.88. The molecule has 0 radical (unpaired) electrons. The van der Waals surface area contributed by atoms with Crippen molar-refractivity contribution in [2.45, 2.75) is 37.2 Å². The molecule has 2 aliphatic rings. The van der Waals surface area contributed by atoms with Gasteiger partial charge in [0.1, 0.15) is 28.6 Å². The van der Waals surface area contributed by atoms with Crippen LogP contribution >= 0.6 is 0 Å². The van der Waals surface area contributed by atoms with Crippen LogP contribution in [-0.2, 0) is 10.3 Å². The van der Waals surface area contributed by atoms with Gasteiger partial charge in [0.25, 0.3) is 0 Å². The number of ether oxygens (including phenoxy) is 1. The Balaban J connectivity index is 1.27. The molecule has 1 N–H and O–H groups in total. The van der Waals surface area contributed by atoms with Crippen LogP contribution in [0.15, 0.2) is 42.9 Å². The second-order valence-corrected chi connectivity index (χ2v) is 8.26. The molecule has 0 atom stereocenters. The molecule has 7 nitrogen and oxygen atoms in total. The highest BCUT2D eigenvalue weighted by atomic mass is 19.1. The molecule has 160 valence electrons. The molecule has 0 bridgehead atoms. The number of nitrogens with zero attached hydrogens (tertiary/aromatic N) is 4. The lowest BCUT2D eigenvalue weighted by Gasteiger charge is -2.35. The minimum absolute atomic E-state index is 0.00798. The van der Waals surface area contributed by atoms with Gasteiger partial charge in [-0.05, 0) is 49.9 Å². The summed E-state index contributed by atoms with van der Waals surface area (Å²) in [6.07, 6.45) is 7.73. The zero-order valence-corrected chi connectivity index (χ0v) is 16.8. The third-order valence-corrected chi connectivity index (χ3v) is 6.43. The SMILES string of the molecule is O=C1O[C@]2(CC[C@H](c3nc4nc(-c5cc(F)ccc5F)ncc4[nH]3)CC2)c2cnccc21. The summed E-state index contributed by atoms with van der Waals surface area (Å²) in [5, 5.41) is 0. The van der Waals surface area contributed by atoms with E-state index in [2.05, 4.69) is 24.9 Å². The predicted molar refractivity (Wildman–Crippen MR) is 110 cm³/mol. The number of esters is 1. The molecule has 1 saturated carbocycles. The van der Waals surface area contributed by atoms with E-state index in [0.717, 1.165) is 42.4 Å². The summed E-state index contributed by atoms with van der Waals surface area (Å²) in [6, 6.07) is 4.88. The zero-order chi connectivity index (χ0) is 21.9. The predicted octanol–water partition coefficient (Wildman–Crippen LogP) is 4.42. The van der Waals surface area contributed by atoms with Gasteiger partial charge in [-0.15, -0.1) is 0 Å². The molecule has 9 heteroatoms. The molecule has 0 saturated heterocycles. The molecule has 1 aliphatic carbocycles. The maximum absolute atomic E-state index is 14.1. The van der Waals surface area contributed by atoms with Crippen LogP contribution < -0.4 is 0 Å². The van der Waals surface area contributed by atoms with E-state index in [1.807, 2.05) is 0 Å². The molecule has 32 heavy (non-hydrogen) atoms. The van der Waals surface area contributed by atoms with Gasteiger partial charge in [-0.1, -0.05) is 0 Å². The van der Waals surface area contributed by atoms with E-state index in [1.54, 1.807) is 18.5 Å². The van der Waals surface area contributed by atoms with Gasteiger partial charge in [-0.25, -0.2) is 28.5 Å². The molecule has 6 rings (SSSR count). The van der Waals surface area contributed by atoms with Crippen LogP contribution in [0.5, 0.6) is 0 Å². The van der Waals surface area contributed by atoms with Crippen LogP contribution in [0, 0.1) is 11.6 Å². The molecule has 4 aromatic rings. The largest absolute Gasteiger partial charge is 0.450 e. The summed E-state index contributed by atoms with van der Waals surface area (Å²) in [7, 11) is 0. The fourth-order valence-electron chi connectivity index (χ4n) is 4.77. The Hall–Kier alpha value is -3.75. The summed E-state index contributed by atoms with van der Waals surface area (Å²) in [6.45, 7) is 0. The van der Waals surface area contributed by atoms with Crippen molar-refractivity contribution >= 4 is 17.1 Å². The average molecular weight is 433 g/mol. The van der Waals surface area contributed by atoms with Crippen molar-refractivity contribution in [1.82, 2.24) is 24.9 Å². The number of fused-ring (bicyclic) bond motifs is 3. The van der Waals surface area contributed by atoms with Crippen LogP contribution in [0.25, 0.3) is 22.6 Å². The zero-order valence-electron chi connectivity index (χ0n) is 16.8. The van der Waals surface area contributed by atoms with Gasteiger partial charge >= 0.3 is 5.97 Å². The topological polar surface area (TPSA) is 93.6 Å². The Morgan fingerprint density at radius 1 is 1.06 bits per heavy atom. The van der Waals surface area contributed by atoms with Crippen LogP contribution in [0.4, 0.5) is 8.78 Å². The monoisotopic (exact) mass is 433 g/mol. The van der Waals surface area contributed by atoms with Crippen molar-refractivity contribution in [1.29, 1.82) is 0 Å². The molecule has 3 aromatic heterocycles. The van der Waals surface area contributed by atoms with Crippen molar-refractivity contribution in [2.24, 2.45) is 0 Å². The highest BCUT2D eigenvalue weighted by Crippen LogP contribution is 2.49. The first-order valence-corrected chi connectivity index (χ1v) is 10.4. The summed E-state index contributed by atoms with van der Waals surface area (Å²) in [5.41, 5.74) is 1.85. The number of halogens is 2. The van der Waals surface area contributed by atoms with Crippen LogP contribution in [0.2, 0.25) is 0 Å². The van der Waals surface area contributed by atoms with Gasteiger partial charge in [0.2, 0.25) is 0 Å². The smallest absolute Gasteiger partial charge is 0.339 e. The number of hydrogen-bond donors (Lipinski definition) is 1. The van der Waals surface area contributed by atoms with Crippen LogP contribution in [0.3, 0.4) is 0 Å². The molecular weight excluding hydrogens is 416 g/mol. The fourth-order valence-corrected chi connectivity index (χ4v) is 4.77. The van der Waals surface area contributed by atoms with Gasteiger partial charge in [0, 0.05) is 23.9 Å². The van der Waals surface area contributed by atoms with Crippen molar-refractivity contribution < 1.29 is 18.3 Å². The Morgan fingerprint density at radius 2 is 1.91 bits per heavy atom. The van der Waals surface area contributed by atoms with Gasteiger partial charge in [-0.3, -0.25) is 4.98 Å². The van der Waals surface area contributed by atoms with Crippen molar-refractivity contribution in [3.63, 3.8) is 0 Å². The van der Waals surface area contributed by atoms with E-state index in [1.165, 1.54) is 6.20 Å². The number of benzene rings is 1. The Morgan fingerprint density at radius 3 is 2.75 bits per heavy atom. The standard InChI is InChI=1S/C23H17F2N5O2/c24-13-1-2-17(25)15(9-13)20-27-11-18-21(30-20)29-19(28-18)12-3-6-23(7-4-12)16-10-26-8-5-14(16)22(31)32-23/h1-2,5,8-12H,3-4,6-7H2,(H,27,28,29,30)/t12-,23-. The van der Waals surface area contributed by atoms with Crippen LogP contribution in [-0.4, -0.2) is 30.9 Å².